The summed E-state index contributed by atoms with van der Waals surface area (Å²) in [6.07, 6.45) is 4.27. The summed E-state index contributed by atoms with van der Waals surface area (Å²) in [6, 6.07) is 18.5. The van der Waals surface area contributed by atoms with Crippen molar-refractivity contribution in [1.82, 2.24) is 5.32 Å². The van der Waals surface area contributed by atoms with Crippen molar-refractivity contribution in [3.05, 3.63) is 71.3 Å². The molecule has 0 heterocycles. The van der Waals surface area contributed by atoms with Gasteiger partial charge in [-0.1, -0.05) is 42.5 Å². The molecule has 0 aromatic heterocycles. The van der Waals surface area contributed by atoms with Crippen LogP contribution in [0, 0.1) is 11.3 Å². The van der Waals surface area contributed by atoms with Crippen molar-refractivity contribution in [2.24, 2.45) is 0 Å². The van der Waals surface area contributed by atoms with E-state index < -0.39 is 0 Å². The predicted octanol–water partition coefficient (Wildman–Crippen LogP) is 3.44. The first kappa shape index (κ1) is 17.3. The van der Waals surface area contributed by atoms with Crippen LogP contribution in [0.25, 0.3) is 6.08 Å². The van der Waals surface area contributed by atoms with E-state index >= 15 is 0 Å². The molecule has 2 aromatic carbocycles. The molecule has 24 heavy (non-hydrogen) atoms. The molecule has 122 valence electrons. The van der Waals surface area contributed by atoms with E-state index in [1.54, 1.807) is 12.1 Å². The minimum atomic E-state index is -0.388. The Hall–Kier alpha value is -3.06. The number of hydrogen-bond donors (Lipinski definition) is 2. The fraction of sp³-hybridized carbons (Fsp3) is 0.200. The lowest BCUT2D eigenvalue weighted by atomic mass is 10.1. The molecule has 2 N–H and O–H groups in total. The lowest BCUT2D eigenvalue weighted by molar-refractivity contribution is -0.117. The summed E-state index contributed by atoms with van der Waals surface area (Å²) in [5.74, 6) is -0.289. The lowest BCUT2D eigenvalue weighted by Gasteiger charge is -2.05. The van der Waals surface area contributed by atoms with Crippen LogP contribution >= 0.6 is 0 Å². The van der Waals surface area contributed by atoms with Gasteiger partial charge in [0.2, 0.25) is 0 Å². The minimum Gasteiger partial charge on any atom is -0.508 e. The van der Waals surface area contributed by atoms with Crippen LogP contribution < -0.4 is 5.32 Å². The third kappa shape index (κ3) is 5.62. The molecule has 4 nitrogen and oxygen atoms in total. The van der Waals surface area contributed by atoms with E-state index in [0.29, 0.717) is 12.1 Å². The molecule has 0 spiro atoms. The number of hydrogen-bond acceptors (Lipinski definition) is 3. The van der Waals surface area contributed by atoms with Gasteiger partial charge in [0.1, 0.15) is 17.4 Å². The molecule has 2 rings (SSSR count). The number of benzene rings is 2. The molecule has 0 bridgehead atoms. The standard InChI is InChI=1S/C20H20N2O2/c21-15-18(13-17-10-6-11-19(23)14-17)20(24)22-12-5-4-9-16-7-2-1-3-8-16/h1-3,6-8,10-11,13-14,23H,4-5,9,12H2,(H,22,24). The number of aromatic hydroxyl groups is 1. The molecule has 0 fully saturated rings. The Balaban J connectivity index is 1.79. The number of carbonyl (C=O) groups excluding carboxylic acids is 1. The van der Waals surface area contributed by atoms with Gasteiger partial charge in [0, 0.05) is 6.54 Å². The van der Waals surface area contributed by atoms with E-state index in [-0.39, 0.29) is 17.2 Å². The number of phenols is 1. The van der Waals surface area contributed by atoms with Gasteiger partial charge in [0.05, 0.1) is 0 Å². The average Bonchev–Trinajstić information content (AvgIpc) is 2.60. The highest BCUT2D eigenvalue weighted by atomic mass is 16.3. The summed E-state index contributed by atoms with van der Waals surface area (Å²) in [4.78, 5) is 12.0. The maximum absolute atomic E-state index is 12.0. The second kappa shape index (κ2) is 9.16. The third-order valence-electron chi connectivity index (χ3n) is 3.57. The zero-order chi connectivity index (χ0) is 17.2. The molecule has 0 saturated carbocycles. The van der Waals surface area contributed by atoms with Crippen molar-refractivity contribution < 1.29 is 9.90 Å². The number of amides is 1. The molecule has 0 aliphatic carbocycles. The molecule has 2 aromatic rings. The smallest absolute Gasteiger partial charge is 0.261 e. The topological polar surface area (TPSA) is 73.1 Å². The first-order chi connectivity index (χ1) is 11.7. The predicted molar refractivity (Wildman–Crippen MR) is 94.1 cm³/mol. The normalized spacial score (nSPS) is 10.9. The summed E-state index contributed by atoms with van der Waals surface area (Å²) in [5, 5.41) is 21.3. The van der Waals surface area contributed by atoms with Gasteiger partial charge in [-0.15, -0.1) is 0 Å². The maximum atomic E-state index is 12.0. The number of carbonyl (C=O) groups is 1. The monoisotopic (exact) mass is 320 g/mol. The van der Waals surface area contributed by atoms with Gasteiger partial charge in [-0.05, 0) is 48.6 Å². The van der Waals surface area contributed by atoms with Gasteiger partial charge in [-0.2, -0.15) is 5.26 Å². The van der Waals surface area contributed by atoms with Crippen molar-refractivity contribution in [3.63, 3.8) is 0 Å². The van der Waals surface area contributed by atoms with Gasteiger partial charge < -0.3 is 10.4 Å². The van der Waals surface area contributed by atoms with E-state index in [0.717, 1.165) is 19.3 Å². The Bertz CT molecular complexity index is 746. The van der Waals surface area contributed by atoms with Crippen LogP contribution in [-0.2, 0) is 11.2 Å². The SMILES string of the molecule is N#CC(=Cc1cccc(O)c1)C(=O)NCCCCc1ccccc1. The number of nitriles is 1. The van der Waals surface area contributed by atoms with Gasteiger partial charge in [0.25, 0.3) is 5.91 Å². The quantitative estimate of drug-likeness (QED) is 0.466. The highest BCUT2D eigenvalue weighted by Crippen LogP contribution is 2.14. The number of unbranched alkanes of at least 4 members (excludes halogenated alkanes) is 1. The van der Waals surface area contributed by atoms with Crippen LogP contribution in [-0.4, -0.2) is 17.6 Å². The van der Waals surface area contributed by atoms with Crippen LogP contribution in [0.4, 0.5) is 0 Å². The van der Waals surface area contributed by atoms with Crippen molar-refractivity contribution >= 4 is 12.0 Å². The third-order valence-corrected chi connectivity index (χ3v) is 3.57. The maximum Gasteiger partial charge on any atom is 0.261 e. The van der Waals surface area contributed by atoms with Crippen molar-refractivity contribution in [2.45, 2.75) is 19.3 Å². The lowest BCUT2D eigenvalue weighted by Crippen LogP contribution is -2.25. The zero-order valence-electron chi connectivity index (χ0n) is 13.4. The van der Waals surface area contributed by atoms with Crippen LogP contribution in [0.3, 0.4) is 0 Å². The molecule has 0 radical (unpaired) electrons. The second-order valence-corrected chi connectivity index (χ2v) is 5.46. The first-order valence-corrected chi connectivity index (χ1v) is 7.92. The number of nitrogens with zero attached hydrogens (tertiary/aromatic N) is 1. The van der Waals surface area contributed by atoms with E-state index in [2.05, 4.69) is 17.4 Å². The molecule has 1 amide bonds. The molecular formula is C20H20N2O2. The van der Waals surface area contributed by atoms with Crippen molar-refractivity contribution in [3.8, 4) is 11.8 Å². The first-order valence-electron chi connectivity index (χ1n) is 7.92. The van der Waals surface area contributed by atoms with E-state index in [4.69, 9.17) is 5.26 Å². The van der Waals surface area contributed by atoms with Crippen LogP contribution in [0.5, 0.6) is 5.75 Å². The summed E-state index contributed by atoms with van der Waals surface area (Å²) >= 11 is 0. The molecule has 0 aliphatic rings. The largest absolute Gasteiger partial charge is 0.508 e. The summed E-state index contributed by atoms with van der Waals surface area (Å²) in [5.41, 5.74) is 1.93. The zero-order valence-corrected chi connectivity index (χ0v) is 13.4. The average molecular weight is 320 g/mol. The van der Waals surface area contributed by atoms with Gasteiger partial charge in [0.15, 0.2) is 0 Å². The summed E-state index contributed by atoms with van der Waals surface area (Å²) in [7, 11) is 0. The molecule has 0 saturated heterocycles. The Morgan fingerprint density at radius 3 is 2.62 bits per heavy atom. The fourth-order valence-electron chi connectivity index (χ4n) is 2.33. The fourth-order valence-corrected chi connectivity index (χ4v) is 2.33. The highest BCUT2D eigenvalue weighted by Gasteiger charge is 2.08. The summed E-state index contributed by atoms with van der Waals surface area (Å²) in [6.45, 7) is 0.532. The Morgan fingerprint density at radius 1 is 1.12 bits per heavy atom. The van der Waals surface area contributed by atoms with Gasteiger partial charge in [-0.3, -0.25) is 4.79 Å². The molecular weight excluding hydrogens is 300 g/mol. The van der Waals surface area contributed by atoms with E-state index in [9.17, 15) is 9.90 Å². The minimum absolute atomic E-state index is 0.0312. The Morgan fingerprint density at radius 2 is 1.92 bits per heavy atom. The molecule has 0 atom stereocenters. The molecule has 4 heteroatoms. The van der Waals surface area contributed by atoms with Gasteiger partial charge >= 0.3 is 0 Å². The number of nitrogens with one attached hydrogen (secondary N) is 1. The highest BCUT2D eigenvalue weighted by molar-refractivity contribution is 6.01. The van der Waals surface area contributed by atoms with Crippen LogP contribution in [0.15, 0.2) is 60.2 Å². The summed E-state index contributed by atoms with van der Waals surface area (Å²) < 4.78 is 0. The Labute approximate surface area is 142 Å². The number of rotatable bonds is 7. The molecule has 0 aliphatic heterocycles. The van der Waals surface area contributed by atoms with E-state index in [1.165, 1.54) is 23.8 Å². The number of aryl methyl sites for hydroxylation is 1. The van der Waals surface area contributed by atoms with Gasteiger partial charge in [-0.25, -0.2) is 0 Å². The Kier molecular flexibility index (Phi) is 6.60. The second-order valence-electron chi connectivity index (χ2n) is 5.46. The number of phenolic OH excluding ortho intramolecular Hbond substituents is 1. The van der Waals surface area contributed by atoms with Crippen molar-refractivity contribution in [1.29, 1.82) is 5.26 Å². The van der Waals surface area contributed by atoms with Crippen LogP contribution in [0.2, 0.25) is 0 Å². The van der Waals surface area contributed by atoms with Crippen molar-refractivity contribution in [2.75, 3.05) is 6.54 Å². The van der Waals surface area contributed by atoms with E-state index in [1.807, 2.05) is 24.3 Å². The molecule has 0 unspecified atom stereocenters. The van der Waals surface area contributed by atoms with Crippen LogP contribution in [0.1, 0.15) is 24.0 Å².